The molecule has 18 heavy (non-hydrogen) atoms. The van der Waals surface area contributed by atoms with Crippen molar-refractivity contribution >= 4 is 17.4 Å². The molecule has 0 heterocycles. The Morgan fingerprint density at radius 2 is 1.78 bits per heavy atom. The Morgan fingerprint density at radius 1 is 1.17 bits per heavy atom. The van der Waals surface area contributed by atoms with Gasteiger partial charge in [0.1, 0.15) is 11.2 Å². The van der Waals surface area contributed by atoms with E-state index >= 15 is 0 Å². The van der Waals surface area contributed by atoms with Crippen molar-refractivity contribution in [2.75, 3.05) is 5.32 Å². The van der Waals surface area contributed by atoms with Gasteiger partial charge >= 0.3 is 0 Å². The molecule has 0 spiro atoms. The van der Waals surface area contributed by atoms with E-state index in [-0.39, 0.29) is 11.7 Å². The minimum Gasteiger partial charge on any atom is -0.325 e. The Hall–Kier alpha value is -1.64. The summed E-state index contributed by atoms with van der Waals surface area (Å²) >= 11 is 0. The van der Waals surface area contributed by atoms with E-state index in [1.54, 1.807) is 0 Å². The van der Waals surface area contributed by atoms with Crippen LogP contribution in [0.1, 0.15) is 38.2 Å². The minimum atomic E-state index is -0.789. The fourth-order valence-electron chi connectivity index (χ4n) is 2.67. The molecule has 0 atom stereocenters. The first-order valence-corrected chi connectivity index (χ1v) is 6.44. The van der Waals surface area contributed by atoms with E-state index in [1.165, 1.54) is 6.92 Å². The number of aryl methyl sites for hydroxylation is 1. The molecule has 1 aliphatic carbocycles. The molecule has 1 aromatic rings. The van der Waals surface area contributed by atoms with Crippen molar-refractivity contribution in [1.29, 1.82) is 0 Å². The largest absolute Gasteiger partial charge is 0.325 e. The van der Waals surface area contributed by atoms with E-state index in [2.05, 4.69) is 5.32 Å². The Bertz CT molecular complexity index is 473. The molecule has 1 saturated carbocycles. The summed E-state index contributed by atoms with van der Waals surface area (Å²) < 4.78 is 0. The van der Waals surface area contributed by atoms with Crippen molar-refractivity contribution in [2.45, 2.75) is 39.5 Å². The average molecular weight is 245 g/mol. The van der Waals surface area contributed by atoms with Crippen LogP contribution >= 0.6 is 0 Å². The molecule has 0 radical (unpaired) electrons. The number of ketones is 1. The maximum absolute atomic E-state index is 12.4. The Kier molecular flexibility index (Phi) is 3.50. The molecular weight excluding hydrogens is 226 g/mol. The zero-order valence-corrected chi connectivity index (χ0v) is 11.0. The lowest BCUT2D eigenvalue weighted by Gasteiger charge is -2.24. The Balaban J connectivity index is 2.21. The summed E-state index contributed by atoms with van der Waals surface area (Å²) in [4.78, 5) is 24.2. The number of anilines is 1. The van der Waals surface area contributed by atoms with Gasteiger partial charge < -0.3 is 5.32 Å². The highest BCUT2D eigenvalue weighted by atomic mass is 16.2. The van der Waals surface area contributed by atoms with Crippen molar-refractivity contribution in [3.8, 4) is 0 Å². The number of nitrogens with one attached hydrogen (secondary N) is 1. The standard InChI is InChI=1S/C15H19NO2/c1-11-7-3-4-8-13(11)16-14(18)15(12(2)17)9-5-6-10-15/h3-4,7-8H,5-6,9-10H2,1-2H3,(H,16,18). The van der Waals surface area contributed by atoms with Crippen LogP contribution in [0.3, 0.4) is 0 Å². The molecule has 0 unspecified atom stereocenters. The van der Waals surface area contributed by atoms with Crippen LogP contribution in [0.15, 0.2) is 24.3 Å². The molecule has 1 aliphatic rings. The van der Waals surface area contributed by atoms with Gasteiger partial charge in [-0.15, -0.1) is 0 Å². The summed E-state index contributed by atoms with van der Waals surface area (Å²) in [6, 6.07) is 7.64. The third kappa shape index (κ3) is 2.17. The monoisotopic (exact) mass is 245 g/mol. The number of carbonyl (C=O) groups is 2. The first kappa shape index (κ1) is 12.8. The molecule has 2 rings (SSSR count). The van der Waals surface area contributed by atoms with Gasteiger partial charge in [0.15, 0.2) is 0 Å². The van der Waals surface area contributed by atoms with E-state index in [1.807, 2.05) is 31.2 Å². The van der Waals surface area contributed by atoms with Crippen molar-refractivity contribution in [1.82, 2.24) is 0 Å². The van der Waals surface area contributed by atoms with Gasteiger partial charge in [-0.2, -0.15) is 0 Å². The number of carbonyl (C=O) groups excluding carboxylic acids is 2. The van der Waals surface area contributed by atoms with Crippen LogP contribution in [0, 0.1) is 12.3 Å². The van der Waals surface area contributed by atoms with E-state index in [4.69, 9.17) is 0 Å². The van der Waals surface area contributed by atoms with Crippen LogP contribution < -0.4 is 5.32 Å². The number of rotatable bonds is 3. The zero-order chi connectivity index (χ0) is 13.2. The fourth-order valence-corrected chi connectivity index (χ4v) is 2.67. The minimum absolute atomic E-state index is 0.00826. The normalized spacial score (nSPS) is 17.4. The van der Waals surface area contributed by atoms with Gasteiger partial charge in [0, 0.05) is 5.69 Å². The lowest BCUT2D eigenvalue weighted by atomic mass is 9.81. The lowest BCUT2D eigenvalue weighted by molar-refractivity contribution is -0.137. The second kappa shape index (κ2) is 4.92. The van der Waals surface area contributed by atoms with Gasteiger partial charge in [0.2, 0.25) is 5.91 Å². The molecule has 1 N–H and O–H groups in total. The van der Waals surface area contributed by atoms with Gasteiger partial charge in [0.05, 0.1) is 0 Å². The lowest BCUT2D eigenvalue weighted by Crippen LogP contribution is -2.39. The molecule has 3 heteroatoms. The van der Waals surface area contributed by atoms with Gasteiger partial charge in [-0.3, -0.25) is 9.59 Å². The third-order valence-electron chi connectivity index (χ3n) is 3.96. The van der Waals surface area contributed by atoms with Crippen LogP contribution in [0.25, 0.3) is 0 Å². The Labute approximate surface area is 108 Å². The molecule has 1 aromatic carbocycles. The highest BCUT2D eigenvalue weighted by Gasteiger charge is 2.45. The summed E-state index contributed by atoms with van der Waals surface area (Å²) in [5, 5.41) is 2.91. The van der Waals surface area contributed by atoms with Crippen LogP contribution in [0.4, 0.5) is 5.69 Å². The quantitative estimate of drug-likeness (QED) is 0.832. The van der Waals surface area contributed by atoms with Gasteiger partial charge in [-0.25, -0.2) is 0 Å². The maximum Gasteiger partial charge on any atom is 0.238 e. The third-order valence-corrected chi connectivity index (χ3v) is 3.96. The van der Waals surface area contributed by atoms with Crippen molar-refractivity contribution in [3.63, 3.8) is 0 Å². The average Bonchev–Trinajstić information content (AvgIpc) is 2.82. The predicted molar refractivity (Wildman–Crippen MR) is 71.4 cm³/mol. The molecule has 0 saturated heterocycles. The highest BCUT2D eigenvalue weighted by molar-refractivity contribution is 6.11. The molecule has 3 nitrogen and oxygen atoms in total. The SMILES string of the molecule is CC(=O)C1(C(=O)Nc2ccccc2C)CCCC1. The highest BCUT2D eigenvalue weighted by Crippen LogP contribution is 2.40. The van der Waals surface area contributed by atoms with E-state index < -0.39 is 5.41 Å². The molecule has 0 aliphatic heterocycles. The number of benzene rings is 1. The summed E-state index contributed by atoms with van der Waals surface area (Å²) in [5.41, 5.74) is 1.03. The first-order chi connectivity index (χ1) is 8.56. The number of hydrogen-bond acceptors (Lipinski definition) is 2. The predicted octanol–water partition coefficient (Wildman–Crippen LogP) is 3.08. The fraction of sp³-hybridized carbons (Fsp3) is 0.467. The molecule has 0 bridgehead atoms. The molecule has 0 aromatic heterocycles. The van der Waals surface area contributed by atoms with Gasteiger partial charge in [-0.05, 0) is 38.3 Å². The van der Waals surface area contributed by atoms with Crippen molar-refractivity contribution in [3.05, 3.63) is 29.8 Å². The summed E-state index contributed by atoms with van der Waals surface area (Å²) in [6.45, 7) is 3.48. The number of hydrogen-bond donors (Lipinski definition) is 1. The van der Waals surface area contributed by atoms with Gasteiger partial charge in [-0.1, -0.05) is 31.0 Å². The number of Topliss-reactive ketones (excluding diaryl/α,β-unsaturated/α-hetero) is 1. The van der Waals surface area contributed by atoms with E-state index in [0.29, 0.717) is 12.8 Å². The van der Waals surface area contributed by atoms with Crippen molar-refractivity contribution in [2.24, 2.45) is 5.41 Å². The number of amides is 1. The summed E-state index contributed by atoms with van der Waals surface area (Å²) in [6.07, 6.45) is 3.28. The van der Waals surface area contributed by atoms with Crippen LogP contribution in [-0.2, 0) is 9.59 Å². The summed E-state index contributed by atoms with van der Waals surface area (Å²) in [7, 11) is 0. The molecule has 1 fully saturated rings. The van der Waals surface area contributed by atoms with Crippen LogP contribution in [0.2, 0.25) is 0 Å². The maximum atomic E-state index is 12.4. The second-order valence-electron chi connectivity index (χ2n) is 5.11. The second-order valence-corrected chi connectivity index (χ2v) is 5.11. The first-order valence-electron chi connectivity index (χ1n) is 6.44. The van der Waals surface area contributed by atoms with E-state index in [9.17, 15) is 9.59 Å². The Morgan fingerprint density at radius 3 is 2.33 bits per heavy atom. The topological polar surface area (TPSA) is 46.2 Å². The van der Waals surface area contributed by atoms with E-state index in [0.717, 1.165) is 24.1 Å². The van der Waals surface area contributed by atoms with Crippen molar-refractivity contribution < 1.29 is 9.59 Å². The van der Waals surface area contributed by atoms with Crippen LogP contribution in [-0.4, -0.2) is 11.7 Å². The number of para-hydroxylation sites is 1. The van der Waals surface area contributed by atoms with Gasteiger partial charge in [0.25, 0.3) is 0 Å². The smallest absolute Gasteiger partial charge is 0.238 e. The van der Waals surface area contributed by atoms with Crippen LogP contribution in [0.5, 0.6) is 0 Å². The zero-order valence-electron chi connectivity index (χ0n) is 11.0. The molecule has 96 valence electrons. The molecular formula is C15H19NO2. The molecule has 1 amide bonds. The summed E-state index contributed by atoms with van der Waals surface area (Å²) in [5.74, 6) is -0.145.